The number of morpholine rings is 1. The second kappa shape index (κ2) is 9.89. The average molecular weight is 423 g/mol. The highest BCUT2D eigenvalue weighted by Crippen LogP contribution is 2.16. The molecule has 1 N–H and O–H groups in total. The molecular weight excluding hydrogens is 392 g/mol. The second-order valence-electron chi connectivity index (χ2n) is 8.27. The molecular formula is C21H31ClN4O3. The number of piperazine rings is 1. The van der Waals surface area contributed by atoms with Gasteiger partial charge in [-0.15, -0.1) is 0 Å². The molecule has 29 heavy (non-hydrogen) atoms. The molecule has 0 bridgehead atoms. The molecule has 0 unspecified atom stereocenters. The Morgan fingerprint density at radius 1 is 1.10 bits per heavy atom. The Morgan fingerprint density at radius 2 is 1.79 bits per heavy atom. The third-order valence-corrected chi connectivity index (χ3v) is 5.92. The minimum absolute atomic E-state index is 0.0103. The molecule has 2 fully saturated rings. The first-order valence-electron chi connectivity index (χ1n) is 10.2. The molecule has 0 spiro atoms. The number of benzene rings is 1. The van der Waals surface area contributed by atoms with Gasteiger partial charge in [0, 0.05) is 61.9 Å². The molecule has 2 aliphatic heterocycles. The number of nitrogens with zero attached hydrogens (tertiary/aromatic N) is 3. The fourth-order valence-corrected chi connectivity index (χ4v) is 3.96. The summed E-state index contributed by atoms with van der Waals surface area (Å²) >= 11 is 5.99. The zero-order chi connectivity index (χ0) is 20.9. The number of nitrogens with one attached hydrogen (secondary N) is 1. The first-order valence-corrected chi connectivity index (χ1v) is 10.6. The molecule has 2 amide bonds. The van der Waals surface area contributed by atoms with Crippen LogP contribution in [-0.2, 0) is 9.53 Å². The van der Waals surface area contributed by atoms with Crippen LogP contribution in [-0.4, -0.2) is 97.6 Å². The lowest BCUT2D eigenvalue weighted by atomic mass is 10.0. The Morgan fingerprint density at radius 3 is 2.45 bits per heavy atom. The van der Waals surface area contributed by atoms with Crippen molar-refractivity contribution in [1.29, 1.82) is 0 Å². The predicted molar refractivity (Wildman–Crippen MR) is 113 cm³/mol. The van der Waals surface area contributed by atoms with Gasteiger partial charge in [-0.1, -0.05) is 17.7 Å². The first-order chi connectivity index (χ1) is 13.8. The van der Waals surface area contributed by atoms with Gasteiger partial charge in [0.25, 0.3) is 5.91 Å². The van der Waals surface area contributed by atoms with E-state index >= 15 is 0 Å². The Labute approximate surface area is 177 Å². The van der Waals surface area contributed by atoms with Crippen LogP contribution < -0.4 is 5.32 Å². The van der Waals surface area contributed by atoms with E-state index in [0.717, 1.165) is 26.3 Å². The van der Waals surface area contributed by atoms with Crippen molar-refractivity contribution in [2.75, 3.05) is 65.6 Å². The van der Waals surface area contributed by atoms with E-state index in [4.69, 9.17) is 16.3 Å². The summed E-state index contributed by atoms with van der Waals surface area (Å²) in [6.07, 6.45) is 0. The number of ether oxygens (including phenoxy) is 1. The lowest BCUT2D eigenvalue weighted by Crippen LogP contribution is -2.56. The summed E-state index contributed by atoms with van der Waals surface area (Å²) in [6, 6.07) is 7.02. The van der Waals surface area contributed by atoms with Crippen LogP contribution in [0, 0.1) is 0 Å². The van der Waals surface area contributed by atoms with E-state index in [-0.39, 0.29) is 17.4 Å². The van der Waals surface area contributed by atoms with Gasteiger partial charge in [-0.25, -0.2) is 0 Å². The molecule has 2 aliphatic rings. The minimum atomic E-state index is -0.0957. The highest BCUT2D eigenvalue weighted by atomic mass is 35.5. The SMILES string of the molecule is CC(C)(CNC(=O)CN1CCN(C(=O)c2cccc(Cl)c2)CC1)N1CCOCC1. The van der Waals surface area contributed by atoms with E-state index in [1.807, 2.05) is 4.90 Å². The van der Waals surface area contributed by atoms with Gasteiger partial charge in [0.2, 0.25) is 5.91 Å². The maximum absolute atomic E-state index is 12.6. The molecule has 1 aromatic rings. The second-order valence-corrected chi connectivity index (χ2v) is 8.70. The predicted octanol–water partition coefficient (Wildman–Crippen LogP) is 1.32. The molecule has 1 aromatic carbocycles. The number of amides is 2. The molecule has 8 heteroatoms. The van der Waals surface area contributed by atoms with Crippen LogP contribution in [0.1, 0.15) is 24.2 Å². The molecule has 0 aromatic heterocycles. The van der Waals surface area contributed by atoms with E-state index in [2.05, 4.69) is 29.0 Å². The van der Waals surface area contributed by atoms with Gasteiger partial charge in [-0.3, -0.25) is 19.4 Å². The van der Waals surface area contributed by atoms with Crippen LogP contribution in [0.25, 0.3) is 0 Å². The molecule has 0 saturated carbocycles. The maximum Gasteiger partial charge on any atom is 0.253 e. The topological polar surface area (TPSA) is 65.1 Å². The third kappa shape index (κ3) is 6.15. The summed E-state index contributed by atoms with van der Waals surface area (Å²) < 4.78 is 5.41. The number of carbonyl (C=O) groups excluding carboxylic acids is 2. The number of carbonyl (C=O) groups is 2. The quantitative estimate of drug-likeness (QED) is 0.749. The minimum Gasteiger partial charge on any atom is -0.379 e. The van der Waals surface area contributed by atoms with Gasteiger partial charge in [0.1, 0.15) is 0 Å². The molecule has 0 aliphatic carbocycles. The van der Waals surface area contributed by atoms with Crippen molar-refractivity contribution in [1.82, 2.24) is 20.0 Å². The number of rotatable bonds is 6. The summed E-state index contributed by atoms with van der Waals surface area (Å²) in [5.74, 6) is 0.0183. The van der Waals surface area contributed by atoms with Gasteiger partial charge in [0.05, 0.1) is 19.8 Å². The van der Waals surface area contributed by atoms with E-state index in [0.29, 0.717) is 49.9 Å². The fraction of sp³-hybridized carbons (Fsp3) is 0.619. The molecule has 0 atom stereocenters. The molecule has 2 saturated heterocycles. The summed E-state index contributed by atoms with van der Waals surface area (Å²) in [5, 5.41) is 3.64. The van der Waals surface area contributed by atoms with Crippen LogP contribution in [0.5, 0.6) is 0 Å². The largest absolute Gasteiger partial charge is 0.379 e. The molecule has 0 radical (unpaired) electrons. The van der Waals surface area contributed by atoms with Crippen LogP contribution in [0.4, 0.5) is 0 Å². The lowest BCUT2D eigenvalue weighted by molar-refractivity contribution is -0.123. The number of halogens is 1. The first kappa shape index (κ1) is 22.0. The number of hydrogen-bond acceptors (Lipinski definition) is 5. The summed E-state index contributed by atoms with van der Waals surface area (Å²) in [5.41, 5.74) is 0.510. The smallest absolute Gasteiger partial charge is 0.253 e. The van der Waals surface area contributed by atoms with Crippen molar-refractivity contribution in [3.63, 3.8) is 0 Å². The Kier molecular flexibility index (Phi) is 7.51. The van der Waals surface area contributed by atoms with Crippen LogP contribution >= 0.6 is 11.6 Å². The number of hydrogen-bond donors (Lipinski definition) is 1. The average Bonchev–Trinajstić information content (AvgIpc) is 2.73. The standard InChI is InChI=1S/C21H31ClN4O3/c1-21(2,26-10-12-29-13-11-26)16-23-19(27)15-24-6-8-25(9-7-24)20(28)17-4-3-5-18(22)14-17/h3-5,14H,6-13,15-16H2,1-2H3,(H,23,27). The van der Waals surface area contributed by atoms with Crippen molar-refractivity contribution in [2.24, 2.45) is 0 Å². The fourth-order valence-electron chi connectivity index (χ4n) is 3.77. The Hall–Kier alpha value is -1.67. The highest BCUT2D eigenvalue weighted by Gasteiger charge is 2.29. The van der Waals surface area contributed by atoms with Crippen molar-refractivity contribution in [3.05, 3.63) is 34.9 Å². The van der Waals surface area contributed by atoms with Gasteiger partial charge in [-0.2, -0.15) is 0 Å². The van der Waals surface area contributed by atoms with Crippen LogP contribution in [0.3, 0.4) is 0 Å². The normalized spacial score (nSPS) is 19.2. The molecule has 2 heterocycles. The Balaban J connectivity index is 1.41. The third-order valence-electron chi connectivity index (χ3n) is 5.68. The van der Waals surface area contributed by atoms with E-state index < -0.39 is 0 Å². The van der Waals surface area contributed by atoms with Gasteiger partial charge < -0.3 is 15.0 Å². The van der Waals surface area contributed by atoms with E-state index in [9.17, 15) is 9.59 Å². The lowest BCUT2D eigenvalue weighted by Gasteiger charge is -2.41. The molecule has 3 rings (SSSR count). The summed E-state index contributed by atoms with van der Waals surface area (Å²) in [7, 11) is 0. The van der Waals surface area contributed by atoms with E-state index in [1.54, 1.807) is 24.3 Å². The van der Waals surface area contributed by atoms with Crippen molar-refractivity contribution < 1.29 is 14.3 Å². The van der Waals surface area contributed by atoms with Gasteiger partial charge >= 0.3 is 0 Å². The monoisotopic (exact) mass is 422 g/mol. The molecule has 160 valence electrons. The molecule has 7 nitrogen and oxygen atoms in total. The Bertz CT molecular complexity index is 714. The summed E-state index contributed by atoms with van der Waals surface area (Å²) in [4.78, 5) is 31.3. The van der Waals surface area contributed by atoms with E-state index in [1.165, 1.54) is 0 Å². The zero-order valence-electron chi connectivity index (χ0n) is 17.3. The van der Waals surface area contributed by atoms with Crippen LogP contribution in [0.15, 0.2) is 24.3 Å². The van der Waals surface area contributed by atoms with Gasteiger partial charge in [-0.05, 0) is 32.0 Å². The van der Waals surface area contributed by atoms with Gasteiger partial charge in [0.15, 0.2) is 0 Å². The summed E-state index contributed by atoms with van der Waals surface area (Å²) in [6.45, 7) is 11.1. The van der Waals surface area contributed by atoms with Crippen molar-refractivity contribution in [3.8, 4) is 0 Å². The van der Waals surface area contributed by atoms with Crippen molar-refractivity contribution in [2.45, 2.75) is 19.4 Å². The highest BCUT2D eigenvalue weighted by molar-refractivity contribution is 6.30. The zero-order valence-corrected chi connectivity index (χ0v) is 18.1. The maximum atomic E-state index is 12.6. The van der Waals surface area contributed by atoms with Crippen LogP contribution in [0.2, 0.25) is 5.02 Å². The van der Waals surface area contributed by atoms with Crippen molar-refractivity contribution >= 4 is 23.4 Å².